The summed E-state index contributed by atoms with van der Waals surface area (Å²) < 4.78 is 15.8. The molecule has 22 heavy (non-hydrogen) atoms. The first kappa shape index (κ1) is 13.8. The molecule has 2 aromatic rings. The Kier molecular flexibility index (Phi) is 3.79. The Labute approximate surface area is 126 Å². The van der Waals surface area contributed by atoms with Crippen molar-refractivity contribution in [3.05, 3.63) is 48.0 Å². The normalized spacial score (nSPS) is 11.6. The highest BCUT2D eigenvalue weighted by Crippen LogP contribution is 2.34. The van der Waals surface area contributed by atoms with Gasteiger partial charge in [0.1, 0.15) is 5.75 Å². The van der Waals surface area contributed by atoms with E-state index < -0.39 is 0 Å². The van der Waals surface area contributed by atoms with Gasteiger partial charge < -0.3 is 19.5 Å². The van der Waals surface area contributed by atoms with Crippen LogP contribution >= 0.6 is 0 Å². The van der Waals surface area contributed by atoms with Crippen LogP contribution in [0, 0.1) is 11.3 Å². The quantitative estimate of drug-likeness (QED) is 0.936. The Morgan fingerprint density at radius 2 is 1.95 bits per heavy atom. The van der Waals surface area contributed by atoms with E-state index in [4.69, 9.17) is 19.5 Å². The molecule has 3 rings (SSSR count). The highest BCUT2D eigenvalue weighted by molar-refractivity contribution is 5.92. The number of carbonyl (C=O) groups excluding carboxylic acids is 1. The zero-order valence-electron chi connectivity index (χ0n) is 11.5. The molecule has 0 saturated heterocycles. The molecule has 1 N–H and O–H groups in total. The van der Waals surface area contributed by atoms with Gasteiger partial charge in [-0.2, -0.15) is 5.26 Å². The summed E-state index contributed by atoms with van der Waals surface area (Å²) in [4.78, 5) is 11.8. The van der Waals surface area contributed by atoms with E-state index >= 15 is 0 Å². The average molecular weight is 296 g/mol. The maximum Gasteiger partial charge on any atom is 0.262 e. The van der Waals surface area contributed by atoms with E-state index in [9.17, 15) is 4.79 Å². The molecular weight excluding hydrogens is 284 g/mol. The molecule has 0 aliphatic carbocycles. The number of nitriles is 1. The summed E-state index contributed by atoms with van der Waals surface area (Å²) in [7, 11) is 0. The number of ether oxygens (including phenoxy) is 3. The number of hydrogen-bond donors (Lipinski definition) is 1. The maximum atomic E-state index is 11.8. The molecule has 6 heteroatoms. The van der Waals surface area contributed by atoms with Crippen molar-refractivity contribution in [1.29, 1.82) is 5.26 Å². The highest BCUT2D eigenvalue weighted by atomic mass is 16.7. The number of hydrogen-bond acceptors (Lipinski definition) is 5. The van der Waals surface area contributed by atoms with Crippen LogP contribution in [0.15, 0.2) is 42.5 Å². The van der Waals surface area contributed by atoms with Gasteiger partial charge in [0.05, 0.1) is 11.6 Å². The van der Waals surface area contributed by atoms with Gasteiger partial charge in [0.2, 0.25) is 6.79 Å². The minimum Gasteiger partial charge on any atom is -0.484 e. The molecule has 1 amide bonds. The Bertz CT molecular complexity index is 735. The topological polar surface area (TPSA) is 80.6 Å². The van der Waals surface area contributed by atoms with Crippen LogP contribution < -0.4 is 19.5 Å². The van der Waals surface area contributed by atoms with Crippen LogP contribution in [0.25, 0.3) is 0 Å². The van der Waals surface area contributed by atoms with Crippen LogP contribution in [0.1, 0.15) is 5.56 Å². The van der Waals surface area contributed by atoms with Gasteiger partial charge in [-0.15, -0.1) is 0 Å². The summed E-state index contributed by atoms with van der Waals surface area (Å²) in [6, 6.07) is 13.7. The van der Waals surface area contributed by atoms with Gasteiger partial charge in [0.25, 0.3) is 5.91 Å². The van der Waals surface area contributed by atoms with E-state index in [0.29, 0.717) is 28.5 Å². The molecule has 0 radical (unpaired) electrons. The van der Waals surface area contributed by atoms with E-state index in [0.717, 1.165) is 0 Å². The molecule has 0 bridgehead atoms. The Hall–Kier alpha value is -3.20. The Morgan fingerprint density at radius 1 is 1.18 bits per heavy atom. The van der Waals surface area contributed by atoms with Crippen molar-refractivity contribution in [1.82, 2.24) is 0 Å². The van der Waals surface area contributed by atoms with Gasteiger partial charge in [-0.05, 0) is 36.4 Å². The summed E-state index contributed by atoms with van der Waals surface area (Å²) in [5.74, 6) is 1.50. The first-order chi connectivity index (χ1) is 10.7. The second kappa shape index (κ2) is 6.06. The van der Waals surface area contributed by atoms with Crippen LogP contribution in [0.2, 0.25) is 0 Å². The lowest BCUT2D eigenvalue weighted by Gasteiger charge is -2.08. The van der Waals surface area contributed by atoms with Gasteiger partial charge in [0, 0.05) is 11.8 Å². The minimum atomic E-state index is -0.289. The van der Waals surface area contributed by atoms with Gasteiger partial charge in [-0.25, -0.2) is 0 Å². The minimum absolute atomic E-state index is 0.125. The van der Waals surface area contributed by atoms with Crippen LogP contribution in [0.3, 0.4) is 0 Å². The Morgan fingerprint density at radius 3 is 2.73 bits per heavy atom. The molecule has 0 aromatic heterocycles. The zero-order valence-corrected chi connectivity index (χ0v) is 11.5. The van der Waals surface area contributed by atoms with Gasteiger partial charge in [-0.1, -0.05) is 0 Å². The van der Waals surface area contributed by atoms with Crippen LogP contribution in [0.4, 0.5) is 5.69 Å². The smallest absolute Gasteiger partial charge is 0.262 e. The van der Waals surface area contributed by atoms with Crippen LogP contribution in [-0.4, -0.2) is 19.3 Å². The SMILES string of the molecule is N#Cc1ccc(OCC(=O)Nc2ccc3c(c2)OCO3)cc1. The zero-order chi connectivity index (χ0) is 15.4. The fraction of sp³-hybridized carbons (Fsp3) is 0.125. The van der Waals surface area contributed by atoms with E-state index in [1.54, 1.807) is 42.5 Å². The van der Waals surface area contributed by atoms with Crippen molar-refractivity contribution >= 4 is 11.6 Å². The third-order valence-corrected chi connectivity index (χ3v) is 3.01. The number of rotatable bonds is 4. The summed E-state index contributed by atoms with van der Waals surface area (Å²) in [5, 5.41) is 11.4. The average Bonchev–Trinajstić information content (AvgIpc) is 3.01. The van der Waals surface area contributed by atoms with E-state index in [1.165, 1.54) is 0 Å². The standard InChI is InChI=1S/C16H12N2O4/c17-8-11-1-4-13(5-2-11)20-9-16(19)18-12-3-6-14-15(7-12)22-10-21-14/h1-7H,9-10H2,(H,18,19). The number of nitrogens with one attached hydrogen (secondary N) is 1. The van der Waals surface area contributed by atoms with Crippen molar-refractivity contribution in [2.45, 2.75) is 0 Å². The summed E-state index contributed by atoms with van der Waals surface area (Å²) >= 11 is 0. The van der Waals surface area contributed by atoms with Crippen molar-refractivity contribution in [2.75, 3.05) is 18.7 Å². The van der Waals surface area contributed by atoms with Crippen LogP contribution in [0.5, 0.6) is 17.2 Å². The summed E-state index contributed by atoms with van der Waals surface area (Å²) in [5.41, 5.74) is 1.15. The fourth-order valence-corrected chi connectivity index (χ4v) is 1.95. The van der Waals surface area contributed by atoms with Gasteiger partial charge in [-0.3, -0.25) is 4.79 Å². The van der Waals surface area contributed by atoms with E-state index in [1.807, 2.05) is 6.07 Å². The van der Waals surface area contributed by atoms with Crippen molar-refractivity contribution in [3.63, 3.8) is 0 Å². The van der Waals surface area contributed by atoms with E-state index in [-0.39, 0.29) is 19.3 Å². The molecular formula is C16H12N2O4. The number of anilines is 1. The first-order valence-electron chi connectivity index (χ1n) is 6.57. The number of nitrogens with zero attached hydrogens (tertiary/aromatic N) is 1. The predicted molar refractivity (Wildman–Crippen MR) is 77.8 cm³/mol. The highest BCUT2D eigenvalue weighted by Gasteiger charge is 2.14. The van der Waals surface area contributed by atoms with Crippen LogP contribution in [-0.2, 0) is 4.79 Å². The molecule has 1 aliphatic rings. The van der Waals surface area contributed by atoms with Crippen molar-refractivity contribution < 1.29 is 19.0 Å². The lowest BCUT2D eigenvalue weighted by molar-refractivity contribution is -0.118. The third-order valence-electron chi connectivity index (χ3n) is 3.01. The second-order valence-corrected chi connectivity index (χ2v) is 4.54. The van der Waals surface area contributed by atoms with Crippen molar-refractivity contribution in [2.24, 2.45) is 0 Å². The third kappa shape index (κ3) is 3.10. The molecule has 0 unspecified atom stereocenters. The molecule has 110 valence electrons. The largest absolute Gasteiger partial charge is 0.484 e. The molecule has 2 aromatic carbocycles. The molecule has 1 heterocycles. The molecule has 6 nitrogen and oxygen atoms in total. The second-order valence-electron chi connectivity index (χ2n) is 4.54. The van der Waals surface area contributed by atoms with E-state index in [2.05, 4.69) is 5.32 Å². The number of fused-ring (bicyclic) bond motifs is 1. The first-order valence-corrected chi connectivity index (χ1v) is 6.57. The molecule has 0 spiro atoms. The van der Waals surface area contributed by atoms with Gasteiger partial charge >= 0.3 is 0 Å². The predicted octanol–water partition coefficient (Wildman–Crippen LogP) is 2.30. The summed E-state index contributed by atoms with van der Waals surface area (Å²) in [6.45, 7) is 0.0644. The number of benzene rings is 2. The number of carbonyl (C=O) groups is 1. The van der Waals surface area contributed by atoms with Crippen molar-refractivity contribution in [3.8, 4) is 23.3 Å². The molecule has 0 fully saturated rings. The monoisotopic (exact) mass is 296 g/mol. The van der Waals surface area contributed by atoms with Gasteiger partial charge in [0.15, 0.2) is 18.1 Å². The Balaban J connectivity index is 1.55. The lowest BCUT2D eigenvalue weighted by atomic mass is 10.2. The fourth-order valence-electron chi connectivity index (χ4n) is 1.95. The molecule has 0 atom stereocenters. The molecule has 0 saturated carbocycles. The maximum absolute atomic E-state index is 11.8. The lowest BCUT2D eigenvalue weighted by Crippen LogP contribution is -2.20. The number of amides is 1. The molecule has 1 aliphatic heterocycles. The summed E-state index contributed by atoms with van der Waals surface area (Å²) in [6.07, 6.45) is 0.